The van der Waals surface area contributed by atoms with E-state index in [2.05, 4.69) is 16.3 Å². The van der Waals surface area contributed by atoms with Gasteiger partial charge >= 0.3 is 0 Å². The summed E-state index contributed by atoms with van der Waals surface area (Å²) in [6.07, 6.45) is 2.00. The molecule has 5 nitrogen and oxygen atoms in total. The number of nitrogens with zero attached hydrogens (tertiary/aromatic N) is 2. The van der Waals surface area contributed by atoms with Crippen LogP contribution in [0.3, 0.4) is 0 Å². The summed E-state index contributed by atoms with van der Waals surface area (Å²) in [5.41, 5.74) is 9.80. The van der Waals surface area contributed by atoms with Crippen LogP contribution in [0.25, 0.3) is 11.3 Å². The van der Waals surface area contributed by atoms with Gasteiger partial charge in [0.15, 0.2) is 0 Å². The molecule has 0 atom stereocenters. The Balaban J connectivity index is 2.02. The van der Waals surface area contributed by atoms with E-state index in [-0.39, 0.29) is 5.91 Å². The third-order valence-electron chi connectivity index (χ3n) is 3.49. The Morgan fingerprint density at radius 3 is 2.95 bits per heavy atom. The van der Waals surface area contributed by atoms with Gasteiger partial charge in [0.2, 0.25) is 5.91 Å². The molecule has 5 heteroatoms. The van der Waals surface area contributed by atoms with Crippen LogP contribution in [0.15, 0.2) is 24.3 Å². The predicted octanol–water partition coefficient (Wildman–Crippen LogP) is 1.96. The second-order valence-electron chi connectivity index (χ2n) is 4.82. The zero-order valence-electron chi connectivity index (χ0n) is 10.8. The van der Waals surface area contributed by atoms with E-state index >= 15 is 0 Å². The normalized spacial score (nSPS) is 14.3. The van der Waals surface area contributed by atoms with Crippen molar-refractivity contribution in [2.45, 2.75) is 19.8 Å². The Labute approximate surface area is 111 Å². The molecule has 0 radical (unpaired) electrons. The minimum absolute atomic E-state index is 0.0967. The van der Waals surface area contributed by atoms with Crippen molar-refractivity contribution in [3.05, 3.63) is 29.8 Å². The van der Waals surface area contributed by atoms with Gasteiger partial charge in [0.05, 0.1) is 5.69 Å². The van der Waals surface area contributed by atoms with E-state index in [4.69, 9.17) is 5.73 Å². The van der Waals surface area contributed by atoms with E-state index in [0.29, 0.717) is 5.82 Å². The van der Waals surface area contributed by atoms with Gasteiger partial charge in [0, 0.05) is 30.8 Å². The van der Waals surface area contributed by atoms with Crippen LogP contribution in [0.5, 0.6) is 0 Å². The predicted molar refractivity (Wildman–Crippen MR) is 74.8 cm³/mol. The molecule has 0 unspecified atom stereocenters. The summed E-state index contributed by atoms with van der Waals surface area (Å²) in [4.78, 5) is 13.5. The molecule has 3 rings (SSSR count). The maximum atomic E-state index is 11.6. The number of hydrogen-bond acceptors (Lipinski definition) is 3. The van der Waals surface area contributed by atoms with Crippen LogP contribution < -0.4 is 10.6 Å². The maximum absolute atomic E-state index is 11.6. The first-order chi connectivity index (χ1) is 9.15. The van der Waals surface area contributed by atoms with E-state index in [1.807, 2.05) is 23.1 Å². The van der Waals surface area contributed by atoms with Crippen molar-refractivity contribution in [1.82, 2.24) is 10.2 Å². The average Bonchev–Trinajstić information content (AvgIpc) is 2.84. The Morgan fingerprint density at radius 2 is 2.26 bits per heavy atom. The molecule has 3 N–H and O–H groups in total. The number of rotatable bonds is 1. The van der Waals surface area contributed by atoms with Gasteiger partial charge in [0.1, 0.15) is 5.82 Å². The number of amides is 1. The van der Waals surface area contributed by atoms with E-state index < -0.39 is 0 Å². The van der Waals surface area contributed by atoms with E-state index in [9.17, 15) is 4.79 Å². The second kappa shape index (κ2) is 4.42. The molecule has 1 aliphatic heterocycles. The molecule has 0 saturated heterocycles. The van der Waals surface area contributed by atoms with Crippen LogP contribution in [0.2, 0.25) is 0 Å². The average molecular weight is 256 g/mol. The van der Waals surface area contributed by atoms with E-state index in [1.54, 1.807) is 6.92 Å². The highest BCUT2D eigenvalue weighted by molar-refractivity contribution is 5.93. The first kappa shape index (κ1) is 11.8. The molecule has 0 fully saturated rings. The Morgan fingerprint density at radius 1 is 1.42 bits per heavy atom. The van der Waals surface area contributed by atoms with Gasteiger partial charge in [-0.05, 0) is 30.5 Å². The number of benzene rings is 1. The van der Waals surface area contributed by atoms with Gasteiger partial charge in [0.25, 0.3) is 0 Å². The van der Waals surface area contributed by atoms with Crippen molar-refractivity contribution >= 4 is 17.4 Å². The van der Waals surface area contributed by atoms with Crippen LogP contribution in [0, 0.1) is 0 Å². The number of nitrogens with one attached hydrogen (secondary N) is 1. The number of hydrogen-bond donors (Lipinski definition) is 2. The lowest BCUT2D eigenvalue weighted by molar-refractivity contribution is -0.116. The SMILES string of the molecule is CC(=O)N1CCCc2cc(-c3cc(N)n[nH]3)ccc21. The molecule has 19 heavy (non-hydrogen) atoms. The number of aryl methyl sites for hydroxylation is 1. The molecular formula is C14H16N4O. The van der Waals surface area contributed by atoms with Gasteiger partial charge < -0.3 is 10.6 Å². The molecule has 0 saturated carbocycles. The zero-order valence-corrected chi connectivity index (χ0v) is 10.8. The topological polar surface area (TPSA) is 75.0 Å². The highest BCUT2D eigenvalue weighted by atomic mass is 16.2. The van der Waals surface area contributed by atoms with Crippen molar-refractivity contribution < 1.29 is 4.79 Å². The van der Waals surface area contributed by atoms with Crippen LogP contribution in [0.1, 0.15) is 18.9 Å². The Hall–Kier alpha value is -2.30. The van der Waals surface area contributed by atoms with E-state index in [1.165, 1.54) is 5.56 Å². The largest absolute Gasteiger partial charge is 0.382 e. The molecule has 1 aromatic carbocycles. The molecule has 1 aliphatic rings. The summed E-state index contributed by atoms with van der Waals surface area (Å²) < 4.78 is 0. The Kier molecular flexibility index (Phi) is 2.74. The van der Waals surface area contributed by atoms with Crippen molar-refractivity contribution in [2.24, 2.45) is 0 Å². The summed E-state index contributed by atoms with van der Waals surface area (Å²) in [5.74, 6) is 0.581. The van der Waals surface area contributed by atoms with Gasteiger partial charge in [-0.25, -0.2) is 0 Å². The van der Waals surface area contributed by atoms with Crippen molar-refractivity contribution in [2.75, 3.05) is 17.2 Å². The molecule has 98 valence electrons. The fourth-order valence-corrected chi connectivity index (χ4v) is 2.58. The fraction of sp³-hybridized carbons (Fsp3) is 0.286. The highest BCUT2D eigenvalue weighted by Gasteiger charge is 2.20. The minimum Gasteiger partial charge on any atom is -0.382 e. The molecule has 0 aliphatic carbocycles. The maximum Gasteiger partial charge on any atom is 0.223 e. The molecule has 2 aromatic rings. The van der Waals surface area contributed by atoms with Crippen molar-refractivity contribution in [1.29, 1.82) is 0 Å². The third-order valence-corrected chi connectivity index (χ3v) is 3.49. The zero-order chi connectivity index (χ0) is 13.4. The number of fused-ring (bicyclic) bond motifs is 1. The lowest BCUT2D eigenvalue weighted by Gasteiger charge is -2.28. The van der Waals surface area contributed by atoms with Gasteiger partial charge in [-0.3, -0.25) is 9.89 Å². The van der Waals surface area contributed by atoms with Crippen LogP contribution in [-0.4, -0.2) is 22.6 Å². The van der Waals surface area contributed by atoms with Crippen molar-refractivity contribution in [3.63, 3.8) is 0 Å². The number of anilines is 2. The van der Waals surface area contributed by atoms with Crippen LogP contribution >= 0.6 is 0 Å². The van der Waals surface area contributed by atoms with Crippen molar-refractivity contribution in [3.8, 4) is 11.3 Å². The molecular weight excluding hydrogens is 240 g/mol. The molecule has 1 aromatic heterocycles. The van der Waals surface area contributed by atoms with Gasteiger partial charge in [-0.1, -0.05) is 6.07 Å². The second-order valence-corrected chi connectivity index (χ2v) is 4.82. The first-order valence-electron chi connectivity index (χ1n) is 6.37. The third kappa shape index (κ3) is 2.07. The minimum atomic E-state index is 0.0967. The standard InChI is InChI=1S/C14H16N4O/c1-9(19)18-6-2-3-11-7-10(4-5-13(11)18)12-8-14(15)17-16-12/h4-5,7-8H,2-3,6H2,1H3,(H3,15,16,17). The van der Waals surface area contributed by atoms with Crippen LogP contribution in [-0.2, 0) is 11.2 Å². The number of aromatic amines is 1. The summed E-state index contributed by atoms with van der Waals surface area (Å²) in [5, 5.41) is 6.84. The number of carbonyl (C=O) groups is 1. The molecule has 0 spiro atoms. The molecule has 1 amide bonds. The smallest absolute Gasteiger partial charge is 0.223 e. The highest BCUT2D eigenvalue weighted by Crippen LogP contribution is 2.31. The monoisotopic (exact) mass is 256 g/mol. The quantitative estimate of drug-likeness (QED) is 0.819. The lowest BCUT2D eigenvalue weighted by Crippen LogP contribution is -2.33. The first-order valence-corrected chi connectivity index (χ1v) is 6.37. The Bertz CT molecular complexity index is 632. The summed E-state index contributed by atoms with van der Waals surface area (Å²) in [6.45, 7) is 2.41. The number of nitrogen functional groups attached to an aromatic ring is 1. The summed E-state index contributed by atoms with van der Waals surface area (Å²) in [7, 11) is 0. The number of aromatic nitrogens is 2. The molecule has 2 heterocycles. The fourth-order valence-electron chi connectivity index (χ4n) is 2.58. The lowest BCUT2D eigenvalue weighted by atomic mass is 9.98. The van der Waals surface area contributed by atoms with Gasteiger partial charge in [-0.15, -0.1) is 0 Å². The number of nitrogens with two attached hydrogens (primary N) is 1. The summed E-state index contributed by atoms with van der Waals surface area (Å²) >= 11 is 0. The van der Waals surface area contributed by atoms with Crippen LogP contribution in [0.4, 0.5) is 11.5 Å². The van der Waals surface area contributed by atoms with Gasteiger partial charge in [-0.2, -0.15) is 5.10 Å². The van der Waals surface area contributed by atoms with E-state index in [0.717, 1.165) is 36.3 Å². The summed E-state index contributed by atoms with van der Waals surface area (Å²) in [6, 6.07) is 7.92. The number of H-pyrrole nitrogens is 1. The molecule has 0 bridgehead atoms. The number of carbonyl (C=O) groups excluding carboxylic acids is 1.